The lowest BCUT2D eigenvalue weighted by Gasteiger charge is -2.38. The second-order valence-electron chi connectivity index (χ2n) is 6.88. The summed E-state index contributed by atoms with van der Waals surface area (Å²) in [5.41, 5.74) is 2.75. The second kappa shape index (κ2) is 6.18. The number of halogens is 1. The summed E-state index contributed by atoms with van der Waals surface area (Å²) in [7, 11) is 0. The first-order chi connectivity index (χ1) is 10.1. The number of hydrogen-bond donors (Lipinski definition) is 1. The summed E-state index contributed by atoms with van der Waals surface area (Å²) in [4.78, 5) is 0. The lowest BCUT2D eigenvalue weighted by molar-refractivity contribution is 0.223. The van der Waals surface area contributed by atoms with Crippen molar-refractivity contribution < 1.29 is 4.74 Å². The Morgan fingerprint density at radius 3 is 2.95 bits per heavy atom. The van der Waals surface area contributed by atoms with Gasteiger partial charge in [-0.25, -0.2) is 0 Å². The Morgan fingerprint density at radius 2 is 2.14 bits per heavy atom. The Balaban J connectivity index is 1.93. The van der Waals surface area contributed by atoms with Crippen LogP contribution in [0.2, 0.25) is 5.02 Å². The molecule has 1 saturated heterocycles. The molecule has 2 aliphatic rings. The van der Waals surface area contributed by atoms with Crippen LogP contribution >= 0.6 is 11.6 Å². The minimum Gasteiger partial charge on any atom is -0.493 e. The van der Waals surface area contributed by atoms with Crippen molar-refractivity contribution in [1.29, 1.82) is 0 Å². The van der Waals surface area contributed by atoms with Crippen LogP contribution in [0.1, 0.15) is 50.7 Å². The zero-order chi connectivity index (χ0) is 14.9. The van der Waals surface area contributed by atoms with Crippen molar-refractivity contribution in [3.63, 3.8) is 0 Å². The van der Waals surface area contributed by atoms with Crippen molar-refractivity contribution in [2.45, 2.75) is 57.9 Å². The minimum atomic E-state index is 0.181. The summed E-state index contributed by atoms with van der Waals surface area (Å²) in [5.74, 6) is 1.71. The molecule has 116 valence electrons. The van der Waals surface area contributed by atoms with E-state index in [4.69, 9.17) is 16.3 Å². The number of ether oxygens (including phenoxy) is 1. The van der Waals surface area contributed by atoms with Crippen molar-refractivity contribution in [3.8, 4) is 5.75 Å². The molecule has 21 heavy (non-hydrogen) atoms. The quantitative estimate of drug-likeness (QED) is 0.895. The third-order valence-corrected chi connectivity index (χ3v) is 5.43. The van der Waals surface area contributed by atoms with Crippen molar-refractivity contribution >= 4 is 11.6 Å². The molecule has 1 aromatic rings. The molecular formula is C18H26ClNO. The molecule has 0 aromatic heterocycles. The third kappa shape index (κ3) is 3.07. The molecule has 2 heterocycles. The van der Waals surface area contributed by atoms with E-state index >= 15 is 0 Å². The molecule has 0 aliphatic carbocycles. The lowest BCUT2D eigenvalue weighted by Crippen LogP contribution is -2.51. The lowest BCUT2D eigenvalue weighted by atomic mass is 9.77. The van der Waals surface area contributed by atoms with E-state index < -0.39 is 0 Å². The second-order valence-corrected chi connectivity index (χ2v) is 7.31. The van der Waals surface area contributed by atoms with Crippen LogP contribution < -0.4 is 10.1 Å². The first-order valence-corrected chi connectivity index (χ1v) is 8.68. The van der Waals surface area contributed by atoms with Crippen molar-refractivity contribution in [2.24, 2.45) is 5.92 Å². The fourth-order valence-corrected chi connectivity index (χ4v) is 4.10. The van der Waals surface area contributed by atoms with Crippen molar-refractivity contribution in [1.82, 2.24) is 5.32 Å². The molecule has 1 unspecified atom stereocenters. The number of nitrogens with one attached hydrogen (secondary N) is 1. The van der Waals surface area contributed by atoms with Gasteiger partial charge in [0, 0.05) is 17.0 Å². The molecule has 1 N–H and O–H groups in total. The summed E-state index contributed by atoms with van der Waals surface area (Å²) in [6.07, 6.45) is 7.20. The maximum absolute atomic E-state index is 6.33. The fourth-order valence-electron chi connectivity index (χ4n) is 3.83. The van der Waals surface area contributed by atoms with Gasteiger partial charge >= 0.3 is 0 Å². The largest absolute Gasteiger partial charge is 0.493 e. The van der Waals surface area contributed by atoms with E-state index in [0.29, 0.717) is 5.92 Å². The SMILES string of the molecule is CC(C)C1(Cc2cc(Cl)cc3c2OCC3)CCCCCN1. The van der Waals surface area contributed by atoms with E-state index in [0.717, 1.165) is 36.8 Å². The Kier molecular flexibility index (Phi) is 4.46. The third-order valence-electron chi connectivity index (χ3n) is 5.21. The zero-order valence-electron chi connectivity index (χ0n) is 13.2. The van der Waals surface area contributed by atoms with E-state index in [2.05, 4.69) is 31.3 Å². The maximum Gasteiger partial charge on any atom is 0.125 e. The molecular weight excluding hydrogens is 282 g/mol. The molecule has 0 bridgehead atoms. The summed E-state index contributed by atoms with van der Waals surface area (Å²) < 4.78 is 5.90. The Hall–Kier alpha value is -0.730. The summed E-state index contributed by atoms with van der Waals surface area (Å²) in [5, 5.41) is 4.70. The standard InChI is InChI=1S/C18H26ClNO/c1-13(2)18(7-4-3-5-8-20-18)12-15-11-16(19)10-14-6-9-21-17(14)15/h10-11,13,20H,3-9,12H2,1-2H3. The van der Waals surface area contributed by atoms with Gasteiger partial charge in [0.15, 0.2) is 0 Å². The van der Waals surface area contributed by atoms with Gasteiger partial charge in [-0.05, 0) is 55.0 Å². The minimum absolute atomic E-state index is 0.181. The number of hydrogen-bond acceptors (Lipinski definition) is 2. The normalized spacial score (nSPS) is 25.5. The monoisotopic (exact) mass is 307 g/mol. The van der Waals surface area contributed by atoms with Gasteiger partial charge in [0.1, 0.15) is 5.75 Å². The van der Waals surface area contributed by atoms with Crippen LogP contribution in [0, 0.1) is 5.92 Å². The topological polar surface area (TPSA) is 21.3 Å². The van der Waals surface area contributed by atoms with E-state index in [9.17, 15) is 0 Å². The van der Waals surface area contributed by atoms with Gasteiger partial charge in [-0.15, -0.1) is 0 Å². The van der Waals surface area contributed by atoms with Crippen LogP contribution in [-0.4, -0.2) is 18.7 Å². The Bertz CT molecular complexity index is 504. The highest BCUT2D eigenvalue weighted by molar-refractivity contribution is 6.30. The van der Waals surface area contributed by atoms with E-state index in [-0.39, 0.29) is 5.54 Å². The maximum atomic E-state index is 6.33. The molecule has 1 fully saturated rings. The van der Waals surface area contributed by atoms with Crippen LogP contribution in [0.15, 0.2) is 12.1 Å². The highest BCUT2D eigenvalue weighted by Gasteiger charge is 2.35. The average molecular weight is 308 g/mol. The highest BCUT2D eigenvalue weighted by Crippen LogP contribution is 2.38. The Morgan fingerprint density at radius 1 is 1.29 bits per heavy atom. The van der Waals surface area contributed by atoms with Crippen LogP contribution in [0.25, 0.3) is 0 Å². The van der Waals surface area contributed by atoms with Gasteiger partial charge in [0.2, 0.25) is 0 Å². The summed E-state index contributed by atoms with van der Waals surface area (Å²) >= 11 is 6.33. The predicted octanol–water partition coefficient (Wildman–Crippen LogP) is 4.38. The van der Waals surface area contributed by atoms with Gasteiger partial charge in [-0.1, -0.05) is 38.3 Å². The van der Waals surface area contributed by atoms with E-state index in [1.165, 1.54) is 36.8 Å². The summed E-state index contributed by atoms with van der Waals surface area (Å²) in [6, 6.07) is 4.18. The molecule has 1 atom stereocenters. The van der Waals surface area contributed by atoms with E-state index in [1.54, 1.807) is 0 Å². The number of fused-ring (bicyclic) bond motifs is 1. The van der Waals surface area contributed by atoms with Crippen molar-refractivity contribution in [3.05, 3.63) is 28.3 Å². The van der Waals surface area contributed by atoms with Crippen molar-refractivity contribution in [2.75, 3.05) is 13.2 Å². The van der Waals surface area contributed by atoms with Gasteiger partial charge in [0.05, 0.1) is 6.61 Å². The molecule has 0 saturated carbocycles. The van der Waals surface area contributed by atoms with E-state index in [1.807, 2.05) is 0 Å². The fraction of sp³-hybridized carbons (Fsp3) is 0.667. The van der Waals surface area contributed by atoms with Gasteiger partial charge < -0.3 is 10.1 Å². The van der Waals surface area contributed by atoms with Crippen LogP contribution in [-0.2, 0) is 12.8 Å². The molecule has 0 radical (unpaired) electrons. The van der Waals surface area contributed by atoms with Gasteiger partial charge in [-0.3, -0.25) is 0 Å². The zero-order valence-corrected chi connectivity index (χ0v) is 13.9. The van der Waals surface area contributed by atoms with Crippen LogP contribution in [0.3, 0.4) is 0 Å². The highest BCUT2D eigenvalue weighted by atomic mass is 35.5. The van der Waals surface area contributed by atoms with Gasteiger partial charge in [0.25, 0.3) is 0 Å². The number of benzene rings is 1. The average Bonchev–Trinajstić information content (AvgIpc) is 2.77. The molecule has 3 rings (SSSR count). The first-order valence-electron chi connectivity index (χ1n) is 8.30. The molecule has 2 aliphatic heterocycles. The first kappa shape index (κ1) is 15.2. The molecule has 0 spiro atoms. The smallest absolute Gasteiger partial charge is 0.125 e. The van der Waals surface area contributed by atoms with Gasteiger partial charge in [-0.2, -0.15) is 0 Å². The van der Waals surface area contributed by atoms with Crippen LogP contribution in [0.4, 0.5) is 0 Å². The molecule has 1 aromatic carbocycles. The van der Waals surface area contributed by atoms with Crippen LogP contribution in [0.5, 0.6) is 5.75 Å². The molecule has 2 nitrogen and oxygen atoms in total. The molecule has 3 heteroatoms. The molecule has 0 amide bonds. The summed E-state index contributed by atoms with van der Waals surface area (Å²) in [6.45, 7) is 6.60. The predicted molar refractivity (Wildman–Crippen MR) is 88.4 cm³/mol. The Labute approximate surface area is 133 Å². The number of rotatable bonds is 3.